The lowest BCUT2D eigenvalue weighted by atomic mass is 9.98. The molecule has 0 saturated carbocycles. The third kappa shape index (κ3) is 4.47. The average molecular weight is 479 g/mol. The highest BCUT2D eigenvalue weighted by Gasteiger charge is 2.29. The molecule has 8 heteroatoms. The minimum atomic E-state index is -1.12. The van der Waals surface area contributed by atoms with Crippen molar-refractivity contribution in [1.29, 1.82) is 0 Å². The van der Waals surface area contributed by atoms with E-state index in [0.29, 0.717) is 0 Å². The molecule has 1 aliphatic rings. The van der Waals surface area contributed by atoms with Crippen LogP contribution in [0.2, 0.25) is 5.02 Å². The fourth-order valence-electron chi connectivity index (χ4n) is 4.04. The fourth-order valence-corrected chi connectivity index (χ4v) is 4.27. The van der Waals surface area contributed by atoms with E-state index in [1.807, 2.05) is 36.4 Å². The molecule has 7 nitrogen and oxygen atoms in total. The Balaban J connectivity index is 1.42. The van der Waals surface area contributed by atoms with Crippen molar-refractivity contribution in [2.75, 3.05) is 19.0 Å². The predicted octanol–water partition coefficient (Wildman–Crippen LogP) is 5.25. The van der Waals surface area contributed by atoms with E-state index < -0.39 is 24.0 Å². The van der Waals surface area contributed by atoms with E-state index in [2.05, 4.69) is 17.4 Å². The lowest BCUT2D eigenvalue weighted by Gasteiger charge is -2.21. The van der Waals surface area contributed by atoms with Gasteiger partial charge in [0, 0.05) is 18.5 Å². The Morgan fingerprint density at radius 1 is 1.03 bits per heavy atom. The number of carbonyl (C=O) groups excluding carboxylic acids is 2. The van der Waals surface area contributed by atoms with Crippen LogP contribution >= 0.6 is 11.6 Å². The van der Waals surface area contributed by atoms with Crippen molar-refractivity contribution < 1.29 is 24.2 Å². The maximum Gasteiger partial charge on any atom is 0.411 e. The van der Waals surface area contributed by atoms with E-state index in [-0.39, 0.29) is 28.8 Å². The molecular weight excluding hydrogens is 456 g/mol. The first kappa shape index (κ1) is 23.3. The Kier molecular flexibility index (Phi) is 6.56. The van der Waals surface area contributed by atoms with Crippen LogP contribution in [0.15, 0.2) is 66.7 Å². The van der Waals surface area contributed by atoms with Crippen LogP contribution in [0.5, 0.6) is 0 Å². The molecule has 0 saturated heterocycles. The van der Waals surface area contributed by atoms with Gasteiger partial charge in [0.1, 0.15) is 12.6 Å². The van der Waals surface area contributed by atoms with Crippen molar-refractivity contribution in [3.63, 3.8) is 0 Å². The molecule has 3 aromatic rings. The third-order valence-electron chi connectivity index (χ3n) is 6.06. The summed E-state index contributed by atoms with van der Waals surface area (Å²) in [6, 6.07) is 19.4. The molecule has 0 aliphatic heterocycles. The summed E-state index contributed by atoms with van der Waals surface area (Å²) in [6.07, 6.45) is -0.667. The summed E-state index contributed by atoms with van der Waals surface area (Å²) in [5.74, 6) is -1.68. The standard InChI is InChI=1S/C26H23ClN2O5/c1-15(25(31)32)29(2)24(30)16-11-12-23(22(27)13-16)28-26(33)34-14-21-19-9-5-3-7-17(19)18-8-4-6-10-20(18)21/h3-13,15,21H,14H2,1-2H3,(H,28,33)(H,31,32). The van der Waals surface area contributed by atoms with E-state index in [1.165, 1.54) is 32.2 Å². The number of nitrogens with zero attached hydrogens (tertiary/aromatic N) is 1. The number of hydrogen-bond donors (Lipinski definition) is 2. The average Bonchev–Trinajstić information content (AvgIpc) is 3.16. The predicted molar refractivity (Wildman–Crippen MR) is 129 cm³/mol. The van der Waals surface area contributed by atoms with Crippen molar-refractivity contribution in [1.82, 2.24) is 4.90 Å². The molecule has 0 spiro atoms. The third-order valence-corrected chi connectivity index (χ3v) is 6.37. The number of carboxylic acid groups (broad SMARTS) is 1. The first-order valence-corrected chi connectivity index (χ1v) is 11.1. The van der Waals surface area contributed by atoms with Crippen LogP contribution < -0.4 is 5.32 Å². The Morgan fingerprint density at radius 3 is 2.18 bits per heavy atom. The molecule has 0 aromatic heterocycles. The van der Waals surface area contributed by atoms with Gasteiger partial charge in [-0.05, 0) is 47.4 Å². The van der Waals surface area contributed by atoms with Crippen LogP contribution in [0, 0.1) is 0 Å². The number of rotatable bonds is 6. The number of likely N-dealkylation sites (N-methyl/N-ethyl adjacent to an activating group) is 1. The lowest BCUT2D eigenvalue weighted by molar-refractivity contribution is -0.141. The molecule has 2 N–H and O–H groups in total. The van der Waals surface area contributed by atoms with Crippen molar-refractivity contribution >= 4 is 35.3 Å². The number of carboxylic acids is 1. The van der Waals surface area contributed by atoms with Gasteiger partial charge in [0.05, 0.1) is 10.7 Å². The fraction of sp³-hybridized carbons (Fsp3) is 0.192. The van der Waals surface area contributed by atoms with Crippen LogP contribution in [0.3, 0.4) is 0 Å². The normalized spacial score (nSPS) is 12.9. The van der Waals surface area contributed by atoms with E-state index in [4.69, 9.17) is 21.4 Å². The number of anilines is 1. The van der Waals surface area contributed by atoms with Gasteiger partial charge in [-0.15, -0.1) is 0 Å². The SMILES string of the molecule is CC(C(=O)O)N(C)C(=O)c1ccc(NC(=O)OCC2c3ccccc3-c3ccccc32)c(Cl)c1. The zero-order valence-electron chi connectivity index (χ0n) is 18.6. The molecule has 0 radical (unpaired) electrons. The molecule has 174 valence electrons. The summed E-state index contributed by atoms with van der Waals surface area (Å²) >= 11 is 6.27. The Hall–Kier alpha value is -3.84. The zero-order valence-corrected chi connectivity index (χ0v) is 19.4. The topological polar surface area (TPSA) is 95.9 Å². The molecule has 34 heavy (non-hydrogen) atoms. The second-order valence-electron chi connectivity index (χ2n) is 8.08. The minimum Gasteiger partial charge on any atom is -0.480 e. The van der Waals surface area contributed by atoms with E-state index >= 15 is 0 Å². The summed E-state index contributed by atoms with van der Waals surface area (Å²) < 4.78 is 5.52. The maximum absolute atomic E-state index is 12.5. The first-order chi connectivity index (χ1) is 16.3. The monoisotopic (exact) mass is 478 g/mol. The number of benzene rings is 3. The second-order valence-corrected chi connectivity index (χ2v) is 8.48. The quantitative estimate of drug-likeness (QED) is 0.504. The number of hydrogen-bond acceptors (Lipinski definition) is 4. The zero-order chi connectivity index (χ0) is 24.4. The molecule has 3 aromatic carbocycles. The highest BCUT2D eigenvalue weighted by atomic mass is 35.5. The maximum atomic E-state index is 12.5. The number of amides is 2. The van der Waals surface area contributed by atoms with Crippen molar-refractivity contribution in [3.05, 3.63) is 88.4 Å². The number of nitrogens with one attached hydrogen (secondary N) is 1. The molecule has 1 unspecified atom stereocenters. The first-order valence-electron chi connectivity index (χ1n) is 10.7. The van der Waals surface area contributed by atoms with Crippen LogP contribution in [0.25, 0.3) is 11.1 Å². The van der Waals surface area contributed by atoms with Gasteiger partial charge in [0.25, 0.3) is 5.91 Å². The number of carbonyl (C=O) groups is 3. The highest BCUT2D eigenvalue weighted by molar-refractivity contribution is 6.34. The molecule has 1 aliphatic carbocycles. The molecule has 2 amide bonds. The van der Waals surface area contributed by atoms with Gasteiger partial charge in [-0.3, -0.25) is 10.1 Å². The van der Waals surface area contributed by atoms with Gasteiger partial charge < -0.3 is 14.7 Å². The molecule has 4 rings (SSSR count). The molecule has 0 fully saturated rings. The van der Waals surface area contributed by atoms with Gasteiger partial charge in [-0.1, -0.05) is 60.1 Å². The van der Waals surface area contributed by atoms with Gasteiger partial charge in [0.15, 0.2) is 0 Å². The van der Waals surface area contributed by atoms with Crippen molar-refractivity contribution in [3.8, 4) is 11.1 Å². The summed E-state index contributed by atoms with van der Waals surface area (Å²) in [6.45, 7) is 1.57. The van der Waals surface area contributed by atoms with Crippen LogP contribution in [-0.4, -0.2) is 47.7 Å². The Bertz CT molecular complexity index is 1230. The number of aliphatic carboxylic acids is 1. The van der Waals surface area contributed by atoms with Crippen molar-refractivity contribution in [2.45, 2.75) is 18.9 Å². The van der Waals surface area contributed by atoms with Crippen LogP contribution in [0.4, 0.5) is 10.5 Å². The van der Waals surface area contributed by atoms with E-state index in [1.54, 1.807) is 0 Å². The molecule has 0 heterocycles. The van der Waals surface area contributed by atoms with Gasteiger partial charge >= 0.3 is 12.1 Å². The van der Waals surface area contributed by atoms with Crippen LogP contribution in [-0.2, 0) is 9.53 Å². The smallest absolute Gasteiger partial charge is 0.411 e. The van der Waals surface area contributed by atoms with Gasteiger partial charge in [-0.25, -0.2) is 9.59 Å². The van der Waals surface area contributed by atoms with Crippen LogP contribution in [0.1, 0.15) is 34.3 Å². The van der Waals surface area contributed by atoms with Crippen molar-refractivity contribution in [2.24, 2.45) is 0 Å². The number of halogens is 1. The van der Waals surface area contributed by atoms with E-state index in [9.17, 15) is 14.4 Å². The summed E-state index contributed by atoms with van der Waals surface area (Å²) in [7, 11) is 1.40. The highest BCUT2D eigenvalue weighted by Crippen LogP contribution is 2.44. The Labute approximate surface area is 201 Å². The Morgan fingerprint density at radius 2 is 1.62 bits per heavy atom. The summed E-state index contributed by atoms with van der Waals surface area (Å²) in [5, 5.41) is 11.8. The number of fused-ring (bicyclic) bond motifs is 3. The second kappa shape index (κ2) is 9.57. The molecular formula is C26H23ClN2O5. The minimum absolute atomic E-state index is 0.0691. The summed E-state index contributed by atoms with van der Waals surface area (Å²) in [4.78, 5) is 37.3. The van der Waals surface area contributed by atoms with Gasteiger partial charge in [-0.2, -0.15) is 0 Å². The lowest BCUT2D eigenvalue weighted by Crippen LogP contribution is -2.40. The summed E-state index contributed by atoms with van der Waals surface area (Å²) in [5.41, 5.74) is 4.98. The van der Waals surface area contributed by atoms with Gasteiger partial charge in [0.2, 0.25) is 0 Å². The molecule has 0 bridgehead atoms. The number of ether oxygens (including phenoxy) is 1. The largest absolute Gasteiger partial charge is 0.480 e. The van der Waals surface area contributed by atoms with E-state index in [0.717, 1.165) is 27.2 Å². The molecule has 1 atom stereocenters.